The Morgan fingerprint density at radius 1 is 0.800 bits per heavy atom. The fraction of sp³-hybridized carbons (Fsp3) is 0.650. The van der Waals surface area contributed by atoms with Crippen molar-refractivity contribution in [3.63, 3.8) is 0 Å². The first-order chi connectivity index (χ1) is 21.2. The number of ether oxygens (including phenoxy) is 2. The molecule has 4 nitrogen and oxygen atoms in total. The quantitative estimate of drug-likeness (QED) is 0.291. The normalized spacial score (nSPS) is 42.2. The van der Waals surface area contributed by atoms with Gasteiger partial charge in [-0.25, -0.2) is 0 Å². The van der Waals surface area contributed by atoms with Crippen LogP contribution in [0.2, 0.25) is 5.04 Å². The Balaban J connectivity index is 1.26. The highest BCUT2D eigenvalue weighted by atomic mass is 28.4. The van der Waals surface area contributed by atoms with Crippen LogP contribution in [0.4, 0.5) is 0 Å². The first-order valence-corrected chi connectivity index (χ1v) is 19.4. The van der Waals surface area contributed by atoms with E-state index in [0.717, 1.165) is 38.5 Å². The highest BCUT2D eigenvalue weighted by Crippen LogP contribution is 2.70. The molecule has 1 saturated heterocycles. The summed E-state index contributed by atoms with van der Waals surface area (Å²) < 4.78 is 21.6. The molecule has 0 unspecified atom stereocenters. The Labute approximate surface area is 272 Å². The molecule has 242 valence electrons. The van der Waals surface area contributed by atoms with Crippen molar-refractivity contribution < 1.29 is 19.0 Å². The minimum absolute atomic E-state index is 0.0127. The molecule has 0 radical (unpaired) electrons. The van der Waals surface area contributed by atoms with Crippen molar-refractivity contribution in [2.45, 2.75) is 128 Å². The highest BCUT2D eigenvalue weighted by molar-refractivity contribution is 6.99. The summed E-state index contributed by atoms with van der Waals surface area (Å²) in [5, 5.41) is 14.3. The molecule has 2 aromatic carbocycles. The SMILES string of the molecule is C#C[C@]1(O)CC[C@H]2[C@@H]3[C@H]4OC(C)(C)O[C@@H]4[C@H]4C[C@@H](O[Si](c5ccccc5)(c5ccccc5)C(C)(C)C)CC[C@]4(C)[C@H]3CC[C@@]21C. The van der Waals surface area contributed by atoms with Crippen LogP contribution in [0.1, 0.15) is 93.4 Å². The summed E-state index contributed by atoms with van der Waals surface area (Å²) in [6.45, 7) is 16.1. The van der Waals surface area contributed by atoms with Crippen LogP contribution in [0.25, 0.3) is 0 Å². The number of aliphatic hydroxyl groups is 1. The first kappa shape index (κ1) is 31.6. The van der Waals surface area contributed by atoms with Gasteiger partial charge in [-0.15, -0.1) is 6.42 Å². The van der Waals surface area contributed by atoms with Gasteiger partial charge in [-0.1, -0.05) is 101 Å². The van der Waals surface area contributed by atoms with Crippen molar-refractivity contribution in [1.82, 2.24) is 0 Å². The van der Waals surface area contributed by atoms with Gasteiger partial charge in [0.25, 0.3) is 8.32 Å². The van der Waals surface area contributed by atoms with Crippen molar-refractivity contribution in [2.75, 3.05) is 0 Å². The molecule has 0 spiro atoms. The number of benzene rings is 2. The summed E-state index contributed by atoms with van der Waals surface area (Å²) in [4.78, 5) is 0. The van der Waals surface area contributed by atoms with Crippen molar-refractivity contribution in [2.24, 2.45) is 34.5 Å². The molecule has 5 heteroatoms. The second kappa shape index (κ2) is 10.5. The molecule has 0 aromatic heterocycles. The maximum absolute atomic E-state index is 11.7. The second-order valence-electron chi connectivity index (χ2n) is 17.1. The molecule has 7 rings (SSSR count). The van der Waals surface area contributed by atoms with Crippen molar-refractivity contribution in [1.29, 1.82) is 0 Å². The van der Waals surface area contributed by atoms with Gasteiger partial charge < -0.3 is 19.0 Å². The Morgan fingerprint density at radius 2 is 1.38 bits per heavy atom. The largest absolute Gasteiger partial charge is 0.404 e. The summed E-state index contributed by atoms with van der Waals surface area (Å²) in [5.41, 5.74) is -1.19. The third kappa shape index (κ3) is 4.53. The third-order valence-corrected chi connectivity index (χ3v) is 18.7. The van der Waals surface area contributed by atoms with Gasteiger partial charge in [-0.05, 0) is 103 Å². The summed E-state index contributed by atoms with van der Waals surface area (Å²) >= 11 is 0. The van der Waals surface area contributed by atoms with Gasteiger partial charge in [-0.2, -0.15) is 0 Å². The molecule has 0 amide bonds. The van der Waals surface area contributed by atoms with E-state index >= 15 is 0 Å². The monoisotopic (exact) mass is 626 g/mol. The van der Waals surface area contributed by atoms with Crippen LogP contribution < -0.4 is 10.4 Å². The Kier molecular flexibility index (Phi) is 7.40. The molecule has 4 aliphatic carbocycles. The maximum Gasteiger partial charge on any atom is 0.261 e. The molecule has 0 bridgehead atoms. The van der Waals surface area contributed by atoms with Crippen LogP contribution in [0.3, 0.4) is 0 Å². The van der Waals surface area contributed by atoms with E-state index in [1.54, 1.807) is 0 Å². The predicted molar refractivity (Wildman–Crippen MR) is 183 cm³/mol. The predicted octanol–water partition coefficient (Wildman–Crippen LogP) is 7.08. The lowest BCUT2D eigenvalue weighted by Gasteiger charge is -2.64. The van der Waals surface area contributed by atoms with Gasteiger partial charge in [0.1, 0.15) is 5.60 Å². The van der Waals surface area contributed by atoms with Crippen LogP contribution in [-0.4, -0.2) is 43.1 Å². The Morgan fingerprint density at radius 3 is 1.96 bits per heavy atom. The van der Waals surface area contributed by atoms with Crippen molar-refractivity contribution in [3.05, 3.63) is 60.7 Å². The van der Waals surface area contributed by atoms with E-state index < -0.39 is 19.7 Å². The number of hydrogen-bond donors (Lipinski definition) is 1. The Bertz CT molecular complexity index is 1400. The lowest BCUT2D eigenvalue weighted by atomic mass is 9.43. The Hall–Kier alpha value is -1.94. The second-order valence-corrected chi connectivity index (χ2v) is 21.4. The zero-order valence-corrected chi connectivity index (χ0v) is 29.5. The smallest absolute Gasteiger partial charge is 0.261 e. The van der Waals surface area contributed by atoms with Crippen LogP contribution in [0.5, 0.6) is 0 Å². The molecule has 45 heavy (non-hydrogen) atoms. The first-order valence-electron chi connectivity index (χ1n) is 17.5. The van der Waals surface area contributed by atoms with Crippen LogP contribution in [-0.2, 0) is 13.9 Å². The molecular formula is C40H54O4Si. The average Bonchev–Trinajstić information content (AvgIpc) is 3.48. The molecule has 4 saturated carbocycles. The average molecular weight is 627 g/mol. The van der Waals surface area contributed by atoms with Crippen molar-refractivity contribution in [3.8, 4) is 12.3 Å². The highest BCUT2D eigenvalue weighted by Gasteiger charge is 2.71. The van der Waals surface area contributed by atoms with E-state index in [9.17, 15) is 5.11 Å². The van der Waals surface area contributed by atoms with Gasteiger partial charge in [0, 0.05) is 11.5 Å². The van der Waals surface area contributed by atoms with Gasteiger partial charge in [0.05, 0.1) is 12.2 Å². The number of fused-ring (bicyclic) bond motifs is 8. The molecule has 5 aliphatic rings. The van der Waals surface area contributed by atoms with Crippen LogP contribution in [0, 0.1) is 46.8 Å². The van der Waals surface area contributed by atoms with Crippen LogP contribution in [0.15, 0.2) is 60.7 Å². The van der Waals surface area contributed by atoms with Crippen molar-refractivity contribution >= 4 is 18.7 Å². The van der Waals surface area contributed by atoms with E-state index in [1.807, 2.05) is 0 Å². The number of terminal acetylenes is 1. The summed E-state index contributed by atoms with van der Waals surface area (Å²) in [6, 6.07) is 22.1. The summed E-state index contributed by atoms with van der Waals surface area (Å²) in [5.74, 6) is 3.77. The molecule has 1 aliphatic heterocycles. The van der Waals surface area contributed by atoms with Gasteiger partial charge in [0.15, 0.2) is 5.79 Å². The molecular weight excluding hydrogens is 573 g/mol. The zero-order valence-electron chi connectivity index (χ0n) is 28.5. The topological polar surface area (TPSA) is 47.9 Å². The molecule has 10 atom stereocenters. The standard InChI is InChI=1S/C40H54O4Si/c1-9-40(41)25-22-31-33-30(21-24-39(31,40)8)38(7)23-20-27(26-32(38)34-35(33)43-37(5,6)42-34)44-45(36(2,3)4,28-16-12-10-13-17-28)29-18-14-11-15-19-29/h1,10-19,27,30-35,41H,20-26H2,2-8H3/t27-,30-,31-,32+,33+,34+,35+,38+,39-,40-/m0/s1. The number of rotatable bonds is 4. The van der Waals surface area contributed by atoms with E-state index in [4.69, 9.17) is 20.3 Å². The van der Waals surface area contributed by atoms with Crippen LogP contribution >= 0.6 is 0 Å². The fourth-order valence-corrected chi connectivity index (χ4v) is 16.2. The molecule has 5 fully saturated rings. The van der Waals surface area contributed by atoms with E-state index in [0.29, 0.717) is 30.1 Å². The minimum atomic E-state index is -2.68. The lowest BCUT2D eigenvalue weighted by molar-refractivity contribution is -0.196. The van der Waals surface area contributed by atoms with E-state index in [1.165, 1.54) is 10.4 Å². The molecule has 1 N–H and O–H groups in total. The van der Waals surface area contributed by atoms with E-state index in [2.05, 4.69) is 115 Å². The van der Waals surface area contributed by atoms with Gasteiger partial charge >= 0.3 is 0 Å². The van der Waals surface area contributed by atoms with Gasteiger partial charge in [0.2, 0.25) is 0 Å². The summed E-state index contributed by atoms with van der Waals surface area (Å²) in [6.07, 6.45) is 13.1. The lowest BCUT2D eigenvalue weighted by Crippen LogP contribution is -2.69. The number of hydrogen-bond acceptors (Lipinski definition) is 4. The summed E-state index contributed by atoms with van der Waals surface area (Å²) in [7, 11) is -2.68. The zero-order chi connectivity index (χ0) is 32.0. The maximum atomic E-state index is 11.7. The minimum Gasteiger partial charge on any atom is -0.404 e. The van der Waals surface area contributed by atoms with Gasteiger partial charge in [-0.3, -0.25) is 0 Å². The molecule has 1 heterocycles. The fourth-order valence-electron chi connectivity index (χ4n) is 11.4. The van der Waals surface area contributed by atoms with E-state index in [-0.39, 0.29) is 34.2 Å². The molecule has 2 aromatic rings. The third-order valence-electron chi connectivity index (χ3n) is 13.6.